The summed E-state index contributed by atoms with van der Waals surface area (Å²) in [4.78, 5) is 0. The van der Waals surface area contributed by atoms with Gasteiger partial charge >= 0.3 is 0 Å². The standard InChI is InChI=1S/C10H11Cl3O/c1-6-3-4-8(5-7(6)2)9(14)10(11,12)13/h3-5,9,14H,1-2H3. The third-order valence-electron chi connectivity index (χ3n) is 2.16. The molecule has 0 aliphatic rings. The summed E-state index contributed by atoms with van der Waals surface area (Å²) in [7, 11) is 0. The molecule has 0 bridgehead atoms. The zero-order valence-electron chi connectivity index (χ0n) is 7.89. The Morgan fingerprint density at radius 1 is 1.14 bits per heavy atom. The van der Waals surface area contributed by atoms with E-state index in [2.05, 4.69) is 0 Å². The average Bonchev–Trinajstić information content (AvgIpc) is 2.07. The second-order valence-electron chi connectivity index (χ2n) is 3.29. The molecule has 0 aromatic heterocycles. The smallest absolute Gasteiger partial charge is 0.220 e. The minimum atomic E-state index is -1.68. The molecule has 14 heavy (non-hydrogen) atoms. The van der Waals surface area contributed by atoms with Gasteiger partial charge in [0.25, 0.3) is 0 Å². The van der Waals surface area contributed by atoms with Crippen molar-refractivity contribution >= 4 is 34.8 Å². The topological polar surface area (TPSA) is 20.2 Å². The normalized spacial score (nSPS) is 14.1. The van der Waals surface area contributed by atoms with E-state index in [0.717, 1.165) is 11.1 Å². The fourth-order valence-corrected chi connectivity index (χ4v) is 1.50. The third kappa shape index (κ3) is 2.77. The zero-order valence-corrected chi connectivity index (χ0v) is 10.2. The maximum atomic E-state index is 9.68. The highest BCUT2D eigenvalue weighted by molar-refractivity contribution is 6.68. The van der Waals surface area contributed by atoms with E-state index in [-0.39, 0.29) is 0 Å². The molecule has 0 aliphatic carbocycles. The Bertz CT molecular complexity index is 331. The largest absolute Gasteiger partial charge is 0.384 e. The molecule has 0 saturated carbocycles. The third-order valence-corrected chi connectivity index (χ3v) is 2.78. The number of hydrogen-bond acceptors (Lipinski definition) is 1. The average molecular weight is 254 g/mol. The Labute approximate surface area is 98.6 Å². The summed E-state index contributed by atoms with van der Waals surface area (Å²) in [6.07, 6.45) is -1.09. The molecule has 1 N–H and O–H groups in total. The van der Waals surface area contributed by atoms with Crippen molar-refractivity contribution in [2.45, 2.75) is 23.7 Å². The second-order valence-corrected chi connectivity index (χ2v) is 5.66. The summed E-state index contributed by atoms with van der Waals surface area (Å²) in [5.74, 6) is 0. The van der Waals surface area contributed by atoms with E-state index in [0.29, 0.717) is 5.56 Å². The van der Waals surface area contributed by atoms with Crippen LogP contribution in [0.4, 0.5) is 0 Å². The highest BCUT2D eigenvalue weighted by Crippen LogP contribution is 2.39. The second kappa shape index (κ2) is 4.28. The zero-order chi connectivity index (χ0) is 10.9. The Hall–Kier alpha value is 0.0500. The first-order chi connectivity index (χ1) is 6.32. The fourth-order valence-electron chi connectivity index (χ4n) is 1.12. The van der Waals surface area contributed by atoms with Gasteiger partial charge in [0.15, 0.2) is 0 Å². The molecule has 0 amide bonds. The van der Waals surface area contributed by atoms with Crippen molar-refractivity contribution in [1.82, 2.24) is 0 Å². The number of rotatable bonds is 1. The van der Waals surface area contributed by atoms with Crippen molar-refractivity contribution in [3.05, 3.63) is 34.9 Å². The van der Waals surface area contributed by atoms with E-state index in [1.807, 2.05) is 26.0 Å². The summed E-state index contributed by atoms with van der Waals surface area (Å²) in [6.45, 7) is 3.94. The Morgan fingerprint density at radius 2 is 1.71 bits per heavy atom. The molecule has 0 spiro atoms. The van der Waals surface area contributed by atoms with E-state index in [1.54, 1.807) is 6.07 Å². The monoisotopic (exact) mass is 252 g/mol. The van der Waals surface area contributed by atoms with Gasteiger partial charge < -0.3 is 5.11 Å². The van der Waals surface area contributed by atoms with Gasteiger partial charge in [0, 0.05) is 0 Å². The first kappa shape index (κ1) is 12.1. The lowest BCUT2D eigenvalue weighted by atomic mass is 10.0. The highest BCUT2D eigenvalue weighted by Gasteiger charge is 2.32. The van der Waals surface area contributed by atoms with Crippen LogP contribution in [0.2, 0.25) is 0 Å². The highest BCUT2D eigenvalue weighted by atomic mass is 35.6. The quantitative estimate of drug-likeness (QED) is 0.757. The van der Waals surface area contributed by atoms with Crippen molar-refractivity contribution in [2.75, 3.05) is 0 Å². The van der Waals surface area contributed by atoms with E-state index in [4.69, 9.17) is 34.8 Å². The van der Waals surface area contributed by atoms with Gasteiger partial charge in [0.2, 0.25) is 3.79 Å². The molecule has 1 aromatic rings. The van der Waals surface area contributed by atoms with Gasteiger partial charge in [-0.3, -0.25) is 0 Å². The van der Waals surface area contributed by atoms with Gasteiger partial charge in [-0.25, -0.2) is 0 Å². The first-order valence-corrected chi connectivity index (χ1v) is 5.27. The van der Waals surface area contributed by atoms with Gasteiger partial charge in [-0.2, -0.15) is 0 Å². The van der Waals surface area contributed by atoms with Crippen LogP contribution in [0.3, 0.4) is 0 Å². The summed E-state index contributed by atoms with van der Waals surface area (Å²) in [5, 5.41) is 9.68. The molecule has 0 fully saturated rings. The molecule has 0 saturated heterocycles. The molecule has 0 aliphatic heterocycles. The van der Waals surface area contributed by atoms with Crippen LogP contribution in [0.1, 0.15) is 22.8 Å². The van der Waals surface area contributed by atoms with Crippen LogP contribution in [0.5, 0.6) is 0 Å². The molecule has 1 aromatic carbocycles. The molecule has 4 heteroatoms. The number of aliphatic hydroxyl groups is 1. The Kier molecular flexibility index (Phi) is 3.70. The van der Waals surface area contributed by atoms with Gasteiger partial charge in [0.1, 0.15) is 6.10 Å². The Morgan fingerprint density at radius 3 is 2.14 bits per heavy atom. The van der Waals surface area contributed by atoms with Crippen LogP contribution in [0.25, 0.3) is 0 Å². The lowest BCUT2D eigenvalue weighted by molar-refractivity contribution is 0.182. The Balaban J connectivity index is 3.03. The van der Waals surface area contributed by atoms with E-state index >= 15 is 0 Å². The SMILES string of the molecule is Cc1ccc(C(O)C(Cl)(Cl)Cl)cc1C. The lowest BCUT2D eigenvalue weighted by Gasteiger charge is -2.19. The lowest BCUT2D eigenvalue weighted by Crippen LogP contribution is -2.16. The minimum Gasteiger partial charge on any atom is -0.384 e. The first-order valence-electron chi connectivity index (χ1n) is 4.14. The van der Waals surface area contributed by atoms with Crippen molar-refractivity contribution in [2.24, 2.45) is 0 Å². The maximum Gasteiger partial charge on any atom is 0.220 e. The number of alkyl halides is 3. The predicted molar refractivity (Wildman–Crippen MR) is 61.2 cm³/mol. The minimum absolute atomic E-state index is 0.619. The predicted octanol–water partition coefficient (Wildman–Crippen LogP) is 3.71. The van der Waals surface area contributed by atoms with Gasteiger partial charge in [-0.1, -0.05) is 53.0 Å². The van der Waals surface area contributed by atoms with Gasteiger partial charge in [-0.15, -0.1) is 0 Å². The molecule has 1 nitrogen and oxygen atoms in total. The van der Waals surface area contributed by atoms with Crippen LogP contribution in [-0.4, -0.2) is 8.90 Å². The van der Waals surface area contributed by atoms with Crippen LogP contribution in [0.15, 0.2) is 18.2 Å². The molecule has 1 unspecified atom stereocenters. The fraction of sp³-hybridized carbons (Fsp3) is 0.400. The molecule has 1 atom stereocenters. The summed E-state index contributed by atoms with van der Waals surface area (Å²) in [5.41, 5.74) is 2.83. The number of hydrogen-bond donors (Lipinski definition) is 1. The molecular weight excluding hydrogens is 242 g/mol. The van der Waals surface area contributed by atoms with Gasteiger partial charge in [-0.05, 0) is 30.5 Å². The number of halogens is 3. The summed E-state index contributed by atoms with van der Waals surface area (Å²) < 4.78 is -1.68. The molecular formula is C10H11Cl3O. The van der Waals surface area contributed by atoms with Crippen molar-refractivity contribution in [3.8, 4) is 0 Å². The van der Waals surface area contributed by atoms with Crippen molar-refractivity contribution < 1.29 is 5.11 Å². The van der Waals surface area contributed by atoms with Gasteiger partial charge in [0.05, 0.1) is 0 Å². The number of aliphatic hydroxyl groups excluding tert-OH is 1. The maximum absolute atomic E-state index is 9.68. The summed E-state index contributed by atoms with van der Waals surface area (Å²) in [6, 6.07) is 5.47. The van der Waals surface area contributed by atoms with Crippen LogP contribution >= 0.6 is 34.8 Å². The van der Waals surface area contributed by atoms with E-state index in [9.17, 15) is 5.11 Å². The van der Waals surface area contributed by atoms with E-state index < -0.39 is 9.90 Å². The van der Waals surface area contributed by atoms with Crippen LogP contribution < -0.4 is 0 Å². The van der Waals surface area contributed by atoms with Crippen LogP contribution in [-0.2, 0) is 0 Å². The molecule has 0 radical (unpaired) electrons. The molecule has 1 rings (SSSR count). The summed E-state index contributed by atoms with van der Waals surface area (Å²) >= 11 is 16.8. The van der Waals surface area contributed by atoms with Crippen LogP contribution in [0, 0.1) is 13.8 Å². The molecule has 78 valence electrons. The number of aryl methyl sites for hydroxylation is 2. The molecule has 0 heterocycles. The van der Waals surface area contributed by atoms with E-state index in [1.165, 1.54) is 0 Å². The van der Waals surface area contributed by atoms with Crippen molar-refractivity contribution in [3.63, 3.8) is 0 Å². The number of benzene rings is 1. The van der Waals surface area contributed by atoms with Crippen molar-refractivity contribution in [1.29, 1.82) is 0 Å².